The molecule has 0 saturated heterocycles. The normalized spacial score (nSPS) is 12.2. The number of aryl methyl sites for hydroxylation is 1. The molecule has 2 rings (SSSR count). The first-order valence-electron chi connectivity index (χ1n) is 5.63. The molecule has 0 amide bonds. The van der Waals surface area contributed by atoms with E-state index in [1.165, 1.54) is 6.33 Å². The average molecular weight is 311 g/mol. The van der Waals surface area contributed by atoms with Crippen molar-refractivity contribution in [2.45, 2.75) is 19.9 Å². The summed E-state index contributed by atoms with van der Waals surface area (Å²) in [6.07, 6.45) is 1.51. The highest BCUT2D eigenvalue weighted by molar-refractivity contribution is 9.10. The maximum absolute atomic E-state index is 5.58. The van der Waals surface area contributed by atoms with Crippen LogP contribution < -0.4 is 10.6 Å². The highest BCUT2D eigenvalue weighted by Crippen LogP contribution is 2.29. The van der Waals surface area contributed by atoms with Gasteiger partial charge in [-0.1, -0.05) is 0 Å². The van der Waals surface area contributed by atoms with E-state index in [1.54, 1.807) is 0 Å². The fourth-order valence-electron chi connectivity index (χ4n) is 1.61. The van der Waals surface area contributed by atoms with Gasteiger partial charge in [-0.05, 0) is 41.9 Å². The lowest BCUT2D eigenvalue weighted by Crippen LogP contribution is -2.09. The van der Waals surface area contributed by atoms with Crippen molar-refractivity contribution in [3.8, 4) is 0 Å². The number of nitrogens with zero attached hydrogens (tertiary/aromatic N) is 2. The van der Waals surface area contributed by atoms with Crippen LogP contribution in [-0.4, -0.2) is 17.0 Å². The van der Waals surface area contributed by atoms with Crippen molar-refractivity contribution >= 4 is 27.6 Å². The molecular formula is C12H15BrN4O. The van der Waals surface area contributed by atoms with E-state index in [9.17, 15) is 0 Å². The Hall–Kier alpha value is -1.56. The third-order valence-electron chi connectivity index (χ3n) is 2.57. The molecular weight excluding hydrogens is 296 g/mol. The van der Waals surface area contributed by atoms with Gasteiger partial charge in [-0.15, -0.1) is 0 Å². The second-order valence-corrected chi connectivity index (χ2v) is 4.74. The molecule has 0 bridgehead atoms. The smallest absolute Gasteiger partial charge is 0.146 e. The van der Waals surface area contributed by atoms with Crippen molar-refractivity contribution in [1.29, 1.82) is 0 Å². The highest BCUT2D eigenvalue weighted by Gasteiger charge is 2.13. The minimum Gasteiger partial charge on any atom is -0.464 e. The second kappa shape index (κ2) is 5.39. The van der Waals surface area contributed by atoms with Crippen molar-refractivity contribution in [3.63, 3.8) is 0 Å². The van der Waals surface area contributed by atoms with Crippen LogP contribution in [-0.2, 0) is 0 Å². The summed E-state index contributed by atoms with van der Waals surface area (Å²) in [5.74, 6) is 3.26. The van der Waals surface area contributed by atoms with Crippen LogP contribution in [0.4, 0.5) is 11.6 Å². The fourth-order valence-corrected chi connectivity index (χ4v) is 2.12. The Morgan fingerprint density at radius 2 is 2.00 bits per heavy atom. The first-order chi connectivity index (χ1) is 8.61. The number of anilines is 2. The topological polar surface area (TPSA) is 63.0 Å². The van der Waals surface area contributed by atoms with Gasteiger partial charge in [0.25, 0.3) is 0 Å². The predicted octanol–water partition coefficient (Wildman–Crippen LogP) is 3.36. The van der Waals surface area contributed by atoms with Gasteiger partial charge in [-0.25, -0.2) is 9.97 Å². The number of furan rings is 1. The third kappa shape index (κ3) is 2.64. The molecule has 0 aromatic carbocycles. The molecule has 0 aliphatic carbocycles. The SMILES string of the molecule is CNc1ncnc(NC(C)c2ccc(C)o2)c1Br. The standard InChI is InChI=1S/C12H15BrN4O/c1-7-4-5-9(18-7)8(2)17-12-10(13)11(14-3)15-6-16-12/h4-6,8H,1-3H3,(H2,14,15,16,17). The van der Waals surface area contributed by atoms with Crippen LogP contribution in [0.1, 0.15) is 24.5 Å². The molecule has 5 nitrogen and oxygen atoms in total. The lowest BCUT2D eigenvalue weighted by molar-refractivity contribution is 0.466. The lowest BCUT2D eigenvalue weighted by Gasteiger charge is -2.14. The van der Waals surface area contributed by atoms with E-state index in [-0.39, 0.29) is 6.04 Å². The minimum atomic E-state index is 0.0367. The molecule has 2 aromatic heterocycles. The second-order valence-electron chi connectivity index (χ2n) is 3.95. The van der Waals surface area contributed by atoms with Gasteiger partial charge in [0.15, 0.2) is 0 Å². The van der Waals surface area contributed by atoms with Crippen molar-refractivity contribution < 1.29 is 4.42 Å². The van der Waals surface area contributed by atoms with Gasteiger partial charge in [-0.2, -0.15) is 0 Å². The summed E-state index contributed by atoms with van der Waals surface area (Å²) >= 11 is 3.47. The quantitative estimate of drug-likeness (QED) is 0.906. The van der Waals surface area contributed by atoms with E-state index < -0.39 is 0 Å². The third-order valence-corrected chi connectivity index (χ3v) is 3.32. The molecule has 0 aliphatic rings. The number of aromatic nitrogens is 2. The van der Waals surface area contributed by atoms with E-state index in [2.05, 4.69) is 36.5 Å². The van der Waals surface area contributed by atoms with Gasteiger partial charge in [-0.3, -0.25) is 0 Å². The summed E-state index contributed by atoms with van der Waals surface area (Å²) in [5, 5.41) is 6.27. The van der Waals surface area contributed by atoms with Gasteiger partial charge in [0.1, 0.15) is 34.0 Å². The molecule has 2 heterocycles. The molecule has 18 heavy (non-hydrogen) atoms. The number of rotatable bonds is 4. The molecule has 1 unspecified atom stereocenters. The van der Waals surface area contributed by atoms with Crippen molar-refractivity contribution in [3.05, 3.63) is 34.5 Å². The monoisotopic (exact) mass is 310 g/mol. The van der Waals surface area contributed by atoms with Gasteiger partial charge in [0.2, 0.25) is 0 Å². The molecule has 96 valence electrons. The molecule has 0 spiro atoms. The van der Waals surface area contributed by atoms with Crippen molar-refractivity contribution in [2.75, 3.05) is 17.7 Å². The highest BCUT2D eigenvalue weighted by atomic mass is 79.9. The van der Waals surface area contributed by atoms with Crippen LogP contribution >= 0.6 is 15.9 Å². The summed E-state index contributed by atoms with van der Waals surface area (Å²) in [6.45, 7) is 3.95. The van der Waals surface area contributed by atoms with Gasteiger partial charge >= 0.3 is 0 Å². The Bertz CT molecular complexity index is 541. The van der Waals surface area contributed by atoms with Crippen molar-refractivity contribution in [1.82, 2.24) is 9.97 Å². The number of halogens is 1. The van der Waals surface area contributed by atoms with Crippen LogP contribution in [0.3, 0.4) is 0 Å². The summed E-state index contributed by atoms with van der Waals surface area (Å²) in [7, 11) is 1.82. The zero-order chi connectivity index (χ0) is 13.1. The van der Waals surface area contributed by atoms with E-state index >= 15 is 0 Å². The zero-order valence-electron chi connectivity index (χ0n) is 10.5. The first-order valence-corrected chi connectivity index (χ1v) is 6.42. The van der Waals surface area contributed by atoms with E-state index in [0.717, 1.165) is 27.6 Å². The summed E-state index contributed by atoms with van der Waals surface area (Å²) in [6, 6.07) is 3.94. The van der Waals surface area contributed by atoms with Crippen LogP contribution in [0.25, 0.3) is 0 Å². The van der Waals surface area contributed by atoms with Crippen LogP contribution in [0.5, 0.6) is 0 Å². The molecule has 0 radical (unpaired) electrons. The molecule has 2 N–H and O–H groups in total. The molecule has 0 aliphatic heterocycles. The molecule has 2 aromatic rings. The Balaban J connectivity index is 2.19. The zero-order valence-corrected chi connectivity index (χ0v) is 12.1. The first kappa shape index (κ1) is 12.9. The van der Waals surface area contributed by atoms with Gasteiger partial charge in [0, 0.05) is 7.05 Å². The van der Waals surface area contributed by atoms with E-state index in [4.69, 9.17) is 4.42 Å². The lowest BCUT2D eigenvalue weighted by atomic mass is 10.2. The maximum atomic E-state index is 5.58. The van der Waals surface area contributed by atoms with E-state index in [0.29, 0.717) is 0 Å². The van der Waals surface area contributed by atoms with Gasteiger partial charge < -0.3 is 15.1 Å². The van der Waals surface area contributed by atoms with E-state index in [1.807, 2.05) is 33.0 Å². The van der Waals surface area contributed by atoms with Crippen LogP contribution in [0.15, 0.2) is 27.3 Å². The predicted molar refractivity (Wildman–Crippen MR) is 74.8 cm³/mol. The Kier molecular flexibility index (Phi) is 3.86. The Morgan fingerprint density at radius 1 is 1.28 bits per heavy atom. The average Bonchev–Trinajstić information content (AvgIpc) is 2.78. The van der Waals surface area contributed by atoms with Crippen LogP contribution in [0, 0.1) is 6.92 Å². The maximum Gasteiger partial charge on any atom is 0.146 e. The summed E-state index contributed by atoms with van der Waals surface area (Å²) < 4.78 is 6.39. The number of hydrogen-bond acceptors (Lipinski definition) is 5. The van der Waals surface area contributed by atoms with Crippen LogP contribution in [0.2, 0.25) is 0 Å². The number of nitrogens with one attached hydrogen (secondary N) is 2. The Morgan fingerprint density at radius 3 is 2.61 bits per heavy atom. The number of hydrogen-bond donors (Lipinski definition) is 2. The molecule has 6 heteroatoms. The minimum absolute atomic E-state index is 0.0367. The van der Waals surface area contributed by atoms with Gasteiger partial charge in [0.05, 0.1) is 6.04 Å². The molecule has 0 fully saturated rings. The summed E-state index contributed by atoms with van der Waals surface area (Å²) in [5.41, 5.74) is 0. The molecule has 1 atom stereocenters. The molecule has 0 saturated carbocycles. The summed E-state index contributed by atoms with van der Waals surface area (Å²) in [4.78, 5) is 8.32. The van der Waals surface area contributed by atoms with Crippen molar-refractivity contribution in [2.24, 2.45) is 0 Å². The Labute approximate surface area is 114 Å². The largest absolute Gasteiger partial charge is 0.464 e. The fraction of sp³-hybridized carbons (Fsp3) is 0.333.